The molecule has 0 saturated carbocycles. The van der Waals surface area contributed by atoms with Crippen molar-refractivity contribution in [3.05, 3.63) is 24.3 Å². The van der Waals surface area contributed by atoms with Gasteiger partial charge < -0.3 is 20.1 Å². The Bertz CT molecular complexity index is 1310. The molecule has 0 aromatic heterocycles. The molecule has 2 atom stereocenters. The summed E-state index contributed by atoms with van der Waals surface area (Å²) < 4.78 is 33.2. The maximum Gasteiger partial charge on any atom is 0.472 e. The largest absolute Gasteiger partial charge is 0.472 e. The molecule has 0 aliphatic carbocycles. The Kier molecular flexibility index (Phi) is 62.4. The van der Waals surface area contributed by atoms with Crippen LogP contribution in [0.1, 0.15) is 361 Å². The Morgan fingerprint density at radius 3 is 0.922 bits per heavy atom. The van der Waals surface area contributed by atoms with Gasteiger partial charge in [0.05, 0.1) is 13.2 Å². The number of carbonyl (C=O) groups excluding carboxylic acids is 2. The van der Waals surface area contributed by atoms with Crippen molar-refractivity contribution in [2.45, 2.75) is 367 Å². The Morgan fingerprint density at radius 2 is 0.636 bits per heavy atom. The van der Waals surface area contributed by atoms with E-state index in [4.69, 9.17) is 24.3 Å². The molecule has 0 saturated heterocycles. The van der Waals surface area contributed by atoms with Crippen molar-refractivity contribution in [3.63, 3.8) is 0 Å². The molecular formula is C67H130NO8P. The van der Waals surface area contributed by atoms with Crippen LogP contribution in [-0.2, 0) is 32.7 Å². The smallest absolute Gasteiger partial charge is 0.462 e. The minimum Gasteiger partial charge on any atom is -0.462 e. The first-order valence-electron chi connectivity index (χ1n) is 33.8. The van der Waals surface area contributed by atoms with Crippen LogP contribution < -0.4 is 5.73 Å². The molecule has 0 aromatic rings. The van der Waals surface area contributed by atoms with E-state index in [0.717, 1.165) is 32.1 Å². The van der Waals surface area contributed by atoms with Gasteiger partial charge in [-0.2, -0.15) is 0 Å². The highest BCUT2D eigenvalue weighted by Gasteiger charge is 2.26. The van der Waals surface area contributed by atoms with Gasteiger partial charge in [0, 0.05) is 19.4 Å². The van der Waals surface area contributed by atoms with Crippen molar-refractivity contribution in [2.24, 2.45) is 5.73 Å². The number of ether oxygens (including phenoxy) is 2. The van der Waals surface area contributed by atoms with Gasteiger partial charge in [-0.15, -0.1) is 0 Å². The fraction of sp³-hybridized carbons (Fsp3) is 0.910. The van der Waals surface area contributed by atoms with Gasteiger partial charge in [-0.25, -0.2) is 4.57 Å². The molecule has 0 aliphatic rings. The summed E-state index contributed by atoms with van der Waals surface area (Å²) >= 11 is 0. The lowest BCUT2D eigenvalue weighted by molar-refractivity contribution is -0.161. The van der Waals surface area contributed by atoms with Crippen LogP contribution in [0.2, 0.25) is 0 Å². The van der Waals surface area contributed by atoms with Gasteiger partial charge >= 0.3 is 19.8 Å². The van der Waals surface area contributed by atoms with Crippen molar-refractivity contribution in [1.82, 2.24) is 0 Å². The molecule has 456 valence electrons. The molecule has 0 heterocycles. The van der Waals surface area contributed by atoms with Crippen LogP contribution in [0.25, 0.3) is 0 Å². The number of phosphoric ester groups is 1. The third-order valence-corrected chi connectivity index (χ3v) is 16.3. The fourth-order valence-corrected chi connectivity index (χ4v) is 11.0. The molecule has 3 N–H and O–H groups in total. The first-order valence-corrected chi connectivity index (χ1v) is 35.3. The number of esters is 2. The molecule has 2 unspecified atom stereocenters. The monoisotopic (exact) mass is 1110 g/mol. The maximum atomic E-state index is 12.7. The molecule has 9 nitrogen and oxygen atoms in total. The molecular weight excluding hydrogens is 978 g/mol. The van der Waals surface area contributed by atoms with E-state index in [-0.39, 0.29) is 38.6 Å². The first kappa shape index (κ1) is 75.5. The number of phosphoric acid groups is 1. The fourth-order valence-electron chi connectivity index (χ4n) is 10.3. The molecule has 0 aromatic carbocycles. The normalized spacial score (nSPS) is 13.0. The predicted octanol–water partition coefficient (Wildman–Crippen LogP) is 21.8. The SMILES string of the molecule is CCCCCCCCCC/C=C\CCCCCCCCCCCCCCCCCCCC(=O)OC(COC(=O)CCCCCCCCCCCCCCCCC/C=C\CCCCCCCCCC)COP(=O)(O)OCCN. The molecule has 0 amide bonds. The minimum atomic E-state index is -4.39. The summed E-state index contributed by atoms with van der Waals surface area (Å²) in [5, 5.41) is 0. The summed E-state index contributed by atoms with van der Waals surface area (Å²) in [6.07, 6.45) is 77.0. The quantitative estimate of drug-likeness (QED) is 0.0264. The van der Waals surface area contributed by atoms with E-state index in [2.05, 4.69) is 38.2 Å². The number of carbonyl (C=O) groups is 2. The zero-order valence-corrected chi connectivity index (χ0v) is 52.1. The highest BCUT2D eigenvalue weighted by atomic mass is 31.2. The van der Waals surface area contributed by atoms with Gasteiger partial charge in [0.15, 0.2) is 6.10 Å². The first-order chi connectivity index (χ1) is 37.8. The zero-order chi connectivity index (χ0) is 55.9. The summed E-state index contributed by atoms with van der Waals surface area (Å²) in [6.45, 7) is 3.82. The Morgan fingerprint density at radius 1 is 0.377 bits per heavy atom. The molecule has 10 heteroatoms. The number of nitrogens with two attached hydrogens (primary N) is 1. The van der Waals surface area contributed by atoms with Gasteiger partial charge in [-0.1, -0.05) is 308 Å². The van der Waals surface area contributed by atoms with Crippen molar-refractivity contribution in [1.29, 1.82) is 0 Å². The van der Waals surface area contributed by atoms with Crippen LogP contribution in [0.5, 0.6) is 0 Å². The van der Waals surface area contributed by atoms with Crippen LogP contribution in [-0.4, -0.2) is 49.3 Å². The topological polar surface area (TPSA) is 134 Å². The van der Waals surface area contributed by atoms with Gasteiger partial charge in [-0.3, -0.25) is 18.6 Å². The van der Waals surface area contributed by atoms with Gasteiger partial charge in [0.25, 0.3) is 0 Å². The van der Waals surface area contributed by atoms with Crippen LogP contribution >= 0.6 is 7.82 Å². The average Bonchev–Trinajstić information content (AvgIpc) is 3.42. The summed E-state index contributed by atoms with van der Waals surface area (Å²) in [5.41, 5.74) is 5.40. The van der Waals surface area contributed by atoms with E-state index in [1.54, 1.807) is 0 Å². The van der Waals surface area contributed by atoms with Gasteiger partial charge in [0.1, 0.15) is 6.61 Å². The molecule has 0 fully saturated rings. The van der Waals surface area contributed by atoms with E-state index in [0.29, 0.717) is 6.42 Å². The van der Waals surface area contributed by atoms with E-state index < -0.39 is 26.5 Å². The lowest BCUT2D eigenvalue weighted by atomic mass is 10.0. The predicted molar refractivity (Wildman–Crippen MR) is 331 cm³/mol. The summed E-state index contributed by atoms with van der Waals surface area (Å²) in [4.78, 5) is 35.3. The zero-order valence-electron chi connectivity index (χ0n) is 51.2. The van der Waals surface area contributed by atoms with Gasteiger partial charge in [-0.05, 0) is 64.2 Å². The van der Waals surface area contributed by atoms with Crippen LogP contribution in [0.3, 0.4) is 0 Å². The number of unbranched alkanes of at least 4 members (excludes halogenated alkanes) is 48. The number of rotatable bonds is 65. The van der Waals surface area contributed by atoms with Crippen LogP contribution in [0.15, 0.2) is 24.3 Å². The number of hydrogen-bond acceptors (Lipinski definition) is 8. The second kappa shape index (κ2) is 63.7. The van der Waals surface area contributed by atoms with Gasteiger partial charge in [0.2, 0.25) is 0 Å². The molecule has 0 bridgehead atoms. The van der Waals surface area contributed by atoms with Crippen molar-refractivity contribution < 1.29 is 37.6 Å². The lowest BCUT2D eigenvalue weighted by Gasteiger charge is -2.19. The summed E-state index contributed by atoms with van der Waals surface area (Å²) in [7, 11) is -4.39. The Hall–Kier alpha value is -1.51. The summed E-state index contributed by atoms with van der Waals surface area (Å²) in [6, 6.07) is 0. The second-order valence-electron chi connectivity index (χ2n) is 23.0. The maximum absolute atomic E-state index is 12.7. The molecule has 77 heavy (non-hydrogen) atoms. The molecule has 0 aliphatic heterocycles. The average molecular weight is 1110 g/mol. The minimum absolute atomic E-state index is 0.0564. The van der Waals surface area contributed by atoms with Crippen molar-refractivity contribution >= 4 is 19.8 Å². The van der Waals surface area contributed by atoms with E-state index in [1.165, 1.54) is 295 Å². The third-order valence-electron chi connectivity index (χ3n) is 15.3. The standard InChI is InChI=1S/C67H130NO8P/c1-3-5-7-9-11-13-15-17-19-21-23-25-27-29-31-32-34-36-38-40-42-44-46-48-50-52-54-56-58-60-67(70)76-65(64-75-77(71,72)74-62-61-68)63-73-66(69)59-57-55-53-51-49-47-45-43-41-39-37-35-33-30-28-26-24-22-20-18-16-14-12-10-8-6-4-2/h21-24,65H,3-20,25-64,68H2,1-2H3,(H,71,72)/b23-21-,24-22-. The Labute approximate surface area is 478 Å². The van der Waals surface area contributed by atoms with E-state index >= 15 is 0 Å². The second-order valence-corrected chi connectivity index (χ2v) is 24.5. The van der Waals surface area contributed by atoms with Crippen molar-refractivity contribution in [2.75, 3.05) is 26.4 Å². The highest BCUT2D eigenvalue weighted by Crippen LogP contribution is 2.43. The molecule has 0 rings (SSSR count). The van der Waals surface area contributed by atoms with Crippen LogP contribution in [0.4, 0.5) is 0 Å². The highest BCUT2D eigenvalue weighted by molar-refractivity contribution is 7.47. The Balaban J connectivity index is 3.84. The van der Waals surface area contributed by atoms with Crippen LogP contribution in [0, 0.1) is 0 Å². The van der Waals surface area contributed by atoms with E-state index in [1.807, 2.05) is 0 Å². The lowest BCUT2D eigenvalue weighted by Crippen LogP contribution is -2.29. The third kappa shape index (κ3) is 63.5. The number of hydrogen-bond donors (Lipinski definition) is 2. The van der Waals surface area contributed by atoms with E-state index in [9.17, 15) is 19.0 Å². The number of allylic oxidation sites excluding steroid dienone is 4. The summed E-state index contributed by atoms with van der Waals surface area (Å²) in [5.74, 6) is -0.805. The molecule has 0 spiro atoms. The van der Waals surface area contributed by atoms with Crippen molar-refractivity contribution in [3.8, 4) is 0 Å². The molecule has 0 radical (unpaired) electrons.